The Morgan fingerprint density at radius 1 is 1.38 bits per heavy atom. The zero-order chi connectivity index (χ0) is 19.2. The molecule has 1 amide bonds. The molecule has 3 aliphatic rings. The summed E-state index contributed by atoms with van der Waals surface area (Å²) in [5.41, 5.74) is 0.710. The maximum Gasteiger partial charge on any atom is 0.260 e. The standard InChI is InChI=1S/C22H33NO3/c1-12(2)8-17-11-22(26,21(25)23-17)20(24)19-15(5)14(4)10-16-9-13(3)6-7-18(16)19/h6,10,12,15-19,26H,7-9,11H2,1-5H3,(H,23,25)/t15-,16+,17-,18-,19-,22+/m0/s1. The summed E-state index contributed by atoms with van der Waals surface area (Å²) < 4.78 is 0. The van der Waals surface area contributed by atoms with Gasteiger partial charge in [-0.05, 0) is 56.8 Å². The van der Waals surface area contributed by atoms with Crippen LogP contribution in [0.25, 0.3) is 0 Å². The zero-order valence-corrected chi connectivity index (χ0v) is 16.7. The van der Waals surface area contributed by atoms with Gasteiger partial charge >= 0.3 is 0 Å². The smallest absolute Gasteiger partial charge is 0.260 e. The predicted octanol–water partition coefficient (Wildman–Crippen LogP) is 3.41. The van der Waals surface area contributed by atoms with Gasteiger partial charge < -0.3 is 10.4 Å². The van der Waals surface area contributed by atoms with Crippen LogP contribution in [0.1, 0.15) is 60.3 Å². The molecule has 1 fully saturated rings. The molecule has 0 aromatic heterocycles. The van der Waals surface area contributed by atoms with Gasteiger partial charge in [-0.25, -0.2) is 0 Å². The number of carbonyl (C=O) groups is 2. The lowest BCUT2D eigenvalue weighted by Crippen LogP contribution is -2.53. The second-order valence-corrected chi connectivity index (χ2v) is 9.27. The van der Waals surface area contributed by atoms with Crippen molar-refractivity contribution in [1.29, 1.82) is 0 Å². The average Bonchev–Trinajstić information content (AvgIpc) is 2.82. The second kappa shape index (κ2) is 6.95. The monoisotopic (exact) mass is 359 g/mol. The van der Waals surface area contributed by atoms with Crippen molar-refractivity contribution in [3.05, 3.63) is 23.3 Å². The predicted molar refractivity (Wildman–Crippen MR) is 102 cm³/mol. The van der Waals surface area contributed by atoms with E-state index >= 15 is 0 Å². The van der Waals surface area contributed by atoms with E-state index in [2.05, 4.69) is 52.1 Å². The first kappa shape index (κ1) is 19.3. The number of rotatable bonds is 4. The molecule has 4 nitrogen and oxygen atoms in total. The molecule has 26 heavy (non-hydrogen) atoms. The summed E-state index contributed by atoms with van der Waals surface area (Å²) in [6.45, 7) is 10.5. The van der Waals surface area contributed by atoms with E-state index in [9.17, 15) is 14.7 Å². The third kappa shape index (κ3) is 3.28. The highest BCUT2D eigenvalue weighted by atomic mass is 16.3. The Kier molecular flexibility index (Phi) is 5.17. The summed E-state index contributed by atoms with van der Waals surface area (Å²) in [5.74, 6) is -0.0434. The van der Waals surface area contributed by atoms with Gasteiger partial charge in [0.1, 0.15) is 0 Å². The van der Waals surface area contributed by atoms with Crippen LogP contribution in [0.3, 0.4) is 0 Å². The Balaban J connectivity index is 1.88. The number of ketones is 1. The Morgan fingerprint density at radius 2 is 2.08 bits per heavy atom. The van der Waals surface area contributed by atoms with E-state index in [-0.39, 0.29) is 36.0 Å². The molecule has 3 rings (SSSR count). The van der Waals surface area contributed by atoms with Crippen LogP contribution in [0, 0.1) is 29.6 Å². The molecule has 144 valence electrons. The lowest BCUT2D eigenvalue weighted by atomic mass is 9.60. The Morgan fingerprint density at radius 3 is 2.73 bits per heavy atom. The summed E-state index contributed by atoms with van der Waals surface area (Å²) in [6, 6.07) is -0.115. The van der Waals surface area contributed by atoms with E-state index in [1.54, 1.807) is 0 Å². The van der Waals surface area contributed by atoms with Crippen molar-refractivity contribution in [3.63, 3.8) is 0 Å². The highest BCUT2D eigenvalue weighted by Crippen LogP contribution is 2.47. The average molecular weight is 360 g/mol. The molecule has 0 radical (unpaired) electrons. The van der Waals surface area contributed by atoms with Crippen molar-refractivity contribution in [1.82, 2.24) is 5.32 Å². The highest BCUT2D eigenvalue weighted by molar-refractivity contribution is 6.11. The highest BCUT2D eigenvalue weighted by Gasteiger charge is 2.56. The van der Waals surface area contributed by atoms with Gasteiger partial charge in [-0.2, -0.15) is 0 Å². The van der Waals surface area contributed by atoms with Gasteiger partial charge in [0, 0.05) is 18.4 Å². The lowest BCUT2D eigenvalue weighted by molar-refractivity contribution is -0.154. The SMILES string of the molecule is CC1=CC[C@@H]2[C@@H](C(=O)[C@]3(O)C[C@H](CC(C)C)NC3=O)[C@@H](C)C(C)=C[C@H]2C1. The fourth-order valence-electron chi connectivity index (χ4n) is 5.28. The van der Waals surface area contributed by atoms with Crippen molar-refractivity contribution in [3.8, 4) is 0 Å². The van der Waals surface area contributed by atoms with Crippen molar-refractivity contribution in [2.24, 2.45) is 29.6 Å². The van der Waals surface area contributed by atoms with Crippen molar-refractivity contribution in [2.75, 3.05) is 0 Å². The minimum Gasteiger partial charge on any atom is -0.373 e. The quantitative estimate of drug-likeness (QED) is 0.597. The van der Waals surface area contributed by atoms with Crippen LogP contribution >= 0.6 is 0 Å². The summed E-state index contributed by atoms with van der Waals surface area (Å²) >= 11 is 0. The van der Waals surface area contributed by atoms with Crippen LogP contribution in [-0.2, 0) is 9.59 Å². The number of hydrogen-bond donors (Lipinski definition) is 2. The fraction of sp³-hybridized carbons (Fsp3) is 0.727. The van der Waals surface area contributed by atoms with Crippen LogP contribution in [-0.4, -0.2) is 28.4 Å². The van der Waals surface area contributed by atoms with E-state index in [1.165, 1.54) is 11.1 Å². The molecule has 0 bridgehead atoms. The molecule has 0 spiro atoms. The second-order valence-electron chi connectivity index (χ2n) is 9.27. The number of amides is 1. The molecule has 1 saturated heterocycles. The van der Waals surface area contributed by atoms with E-state index in [0.29, 0.717) is 11.8 Å². The third-order valence-electron chi connectivity index (χ3n) is 6.76. The third-order valence-corrected chi connectivity index (χ3v) is 6.76. The van der Waals surface area contributed by atoms with Gasteiger partial charge in [-0.3, -0.25) is 9.59 Å². The van der Waals surface area contributed by atoms with Crippen LogP contribution in [0.4, 0.5) is 0 Å². The fourth-order valence-corrected chi connectivity index (χ4v) is 5.28. The van der Waals surface area contributed by atoms with Crippen LogP contribution in [0.15, 0.2) is 23.3 Å². The summed E-state index contributed by atoms with van der Waals surface area (Å²) in [6.07, 6.45) is 7.36. The largest absolute Gasteiger partial charge is 0.373 e. The van der Waals surface area contributed by atoms with Gasteiger partial charge in [0.25, 0.3) is 5.91 Å². The molecule has 0 aromatic carbocycles. The summed E-state index contributed by atoms with van der Waals surface area (Å²) in [5, 5.41) is 14.0. The number of Topliss-reactive ketones (excluding diaryl/α,β-unsaturated/α-hetero) is 1. The first-order valence-corrected chi connectivity index (χ1v) is 10.0. The first-order chi connectivity index (χ1) is 12.1. The van der Waals surface area contributed by atoms with E-state index in [0.717, 1.165) is 19.3 Å². The molecule has 1 aliphatic heterocycles. The summed E-state index contributed by atoms with van der Waals surface area (Å²) in [4.78, 5) is 26.1. The minimum absolute atomic E-state index is 0.0662. The molecule has 2 aliphatic carbocycles. The van der Waals surface area contributed by atoms with Gasteiger partial charge in [0.15, 0.2) is 5.78 Å². The Bertz CT molecular complexity index is 662. The maximum absolute atomic E-state index is 13.5. The van der Waals surface area contributed by atoms with Crippen LogP contribution < -0.4 is 5.32 Å². The first-order valence-electron chi connectivity index (χ1n) is 10.0. The van der Waals surface area contributed by atoms with Gasteiger partial charge in [0.05, 0.1) is 0 Å². The Labute approximate surface area is 157 Å². The molecular formula is C22H33NO3. The Hall–Kier alpha value is -1.42. The van der Waals surface area contributed by atoms with Crippen LogP contribution in [0.2, 0.25) is 0 Å². The van der Waals surface area contributed by atoms with Gasteiger partial charge in [0.2, 0.25) is 5.60 Å². The molecule has 1 heterocycles. The number of carbonyl (C=O) groups excluding carboxylic acids is 2. The van der Waals surface area contributed by atoms with E-state index < -0.39 is 11.5 Å². The number of aliphatic hydroxyl groups is 1. The molecular weight excluding hydrogens is 326 g/mol. The van der Waals surface area contributed by atoms with E-state index in [1.807, 2.05) is 0 Å². The van der Waals surface area contributed by atoms with Crippen molar-refractivity contribution < 1.29 is 14.7 Å². The maximum atomic E-state index is 13.5. The minimum atomic E-state index is -1.86. The normalized spacial score (nSPS) is 40.0. The molecule has 0 aromatic rings. The molecule has 2 N–H and O–H groups in total. The summed E-state index contributed by atoms with van der Waals surface area (Å²) in [7, 11) is 0. The van der Waals surface area contributed by atoms with Gasteiger partial charge in [-0.15, -0.1) is 0 Å². The molecule has 6 atom stereocenters. The van der Waals surface area contributed by atoms with Gasteiger partial charge in [-0.1, -0.05) is 44.1 Å². The lowest BCUT2D eigenvalue weighted by Gasteiger charge is -2.43. The number of hydrogen-bond acceptors (Lipinski definition) is 3. The number of allylic oxidation sites excluding steroid dienone is 4. The molecule has 4 heteroatoms. The van der Waals surface area contributed by atoms with Crippen LogP contribution in [0.5, 0.6) is 0 Å². The number of nitrogens with one attached hydrogen (secondary N) is 1. The van der Waals surface area contributed by atoms with E-state index in [4.69, 9.17) is 0 Å². The topological polar surface area (TPSA) is 66.4 Å². The number of fused-ring (bicyclic) bond motifs is 1. The zero-order valence-electron chi connectivity index (χ0n) is 16.7. The molecule has 0 saturated carbocycles. The molecule has 0 unspecified atom stereocenters. The van der Waals surface area contributed by atoms with Crippen molar-refractivity contribution in [2.45, 2.75) is 71.9 Å². The van der Waals surface area contributed by atoms with Crippen molar-refractivity contribution >= 4 is 11.7 Å².